The number of carbonyl (C=O) groups is 1. The highest BCUT2D eigenvalue weighted by Crippen LogP contribution is 2.30. The molecule has 0 aliphatic carbocycles. The van der Waals surface area contributed by atoms with E-state index in [0.29, 0.717) is 13.1 Å². The summed E-state index contributed by atoms with van der Waals surface area (Å²) < 4.78 is 0. The Balaban J connectivity index is 1.59. The molecular weight excluding hydrogens is 340 g/mol. The van der Waals surface area contributed by atoms with Crippen molar-refractivity contribution in [3.63, 3.8) is 0 Å². The number of rotatable bonds is 5. The molecule has 6 heteroatoms. The molecule has 1 aliphatic rings. The first-order valence-electron chi connectivity index (χ1n) is 9.00. The number of benzene rings is 2. The number of aromatic nitrogens is 2. The van der Waals surface area contributed by atoms with Gasteiger partial charge in [-0.25, -0.2) is 4.79 Å². The summed E-state index contributed by atoms with van der Waals surface area (Å²) in [4.78, 5) is 16.5. The van der Waals surface area contributed by atoms with Gasteiger partial charge in [0.25, 0.3) is 0 Å². The van der Waals surface area contributed by atoms with Crippen molar-refractivity contribution in [3.8, 4) is 11.1 Å². The lowest BCUT2D eigenvalue weighted by atomic mass is 10.0. The summed E-state index contributed by atoms with van der Waals surface area (Å²) in [6, 6.07) is 15.5. The molecule has 1 aromatic heterocycles. The minimum atomic E-state index is -0.216. The molecule has 1 saturated heterocycles. The van der Waals surface area contributed by atoms with E-state index in [4.69, 9.17) is 0 Å². The molecule has 0 saturated carbocycles. The lowest BCUT2D eigenvalue weighted by molar-refractivity contribution is 0.162. The van der Waals surface area contributed by atoms with Gasteiger partial charge in [0.05, 0.1) is 25.4 Å². The van der Waals surface area contributed by atoms with E-state index in [0.717, 1.165) is 27.9 Å². The number of aryl methyl sites for hydroxylation is 1. The first kappa shape index (κ1) is 17.3. The van der Waals surface area contributed by atoms with Crippen LogP contribution in [-0.4, -0.2) is 45.4 Å². The zero-order valence-corrected chi connectivity index (χ0v) is 15.2. The van der Waals surface area contributed by atoms with Gasteiger partial charge in [0.15, 0.2) is 0 Å². The van der Waals surface area contributed by atoms with Gasteiger partial charge in [0.2, 0.25) is 0 Å². The van der Waals surface area contributed by atoms with Crippen molar-refractivity contribution in [3.05, 3.63) is 72.1 Å². The molecule has 1 unspecified atom stereocenters. The number of urea groups is 1. The molecule has 4 rings (SSSR count). The Kier molecular flexibility index (Phi) is 4.64. The summed E-state index contributed by atoms with van der Waals surface area (Å²) in [6.07, 6.45) is 3.64. The first-order chi connectivity index (χ1) is 13.2. The van der Waals surface area contributed by atoms with E-state index in [-0.39, 0.29) is 18.7 Å². The van der Waals surface area contributed by atoms with Gasteiger partial charge in [-0.2, -0.15) is 5.10 Å². The van der Waals surface area contributed by atoms with Crippen LogP contribution in [0.2, 0.25) is 0 Å². The first-order valence-corrected chi connectivity index (χ1v) is 9.00. The van der Waals surface area contributed by atoms with E-state index >= 15 is 0 Å². The Morgan fingerprint density at radius 1 is 1.22 bits per heavy atom. The number of amides is 2. The van der Waals surface area contributed by atoms with Crippen molar-refractivity contribution in [1.82, 2.24) is 15.1 Å². The number of nitrogens with one attached hydrogen (secondary N) is 1. The van der Waals surface area contributed by atoms with Crippen molar-refractivity contribution >= 4 is 11.7 Å². The van der Waals surface area contributed by atoms with Crippen LogP contribution in [0.25, 0.3) is 11.1 Å². The Labute approximate surface area is 158 Å². The van der Waals surface area contributed by atoms with Gasteiger partial charge < -0.3 is 10.0 Å². The third kappa shape index (κ3) is 3.31. The molecule has 6 nitrogen and oxygen atoms in total. The van der Waals surface area contributed by atoms with Gasteiger partial charge in [-0.3, -0.25) is 10.00 Å². The highest BCUT2D eigenvalue weighted by Gasteiger charge is 2.37. The predicted molar refractivity (Wildman–Crippen MR) is 104 cm³/mol. The number of anilines is 1. The molecule has 138 valence electrons. The fourth-order valence-corrected chi connectivity index (χ4v) is 3.59. The maximum Gasteiger partial charge on any atom is 0.325 e. The maximum atomic E-state index is 13.0. The van der Waals surface area contributed by atoms with Gasteiger partial charge in [-0.15, -0.1) is 0 Å². The van der Waals surface area contributed by atoms with Crippen LogP contribution in [0.4, 0.5) is 10.5 Å². The second kappa shape index (κ2) is 7.25. The van der Waals surface area contributed by atoms with Gasteiger partial charge in [0.1, 0.15) is 0 Å². The minimum absolute atomic E-state index is 0.0544. The second-order valence-corrected chi connectivity index (χ2v) is 6.83. The van der Waals surface area contributed by atoms with Crippen LogP contribution >= 0.6 is 0 Å². The Morgan fingerprint density at radius 3 is 2.70 bits per heavy atom. The van der Waals surface area contributed by atoms with Crippen LogP contribution in [0, 0.1) is 6.92 Å². The highest BCUT2D eigenvalue weighted by atomic mass is 16.3. The number of carbonyl (C=O) groups excluding carboxylic acids is 1. The molecule has 0 spiro atoms. The van der Waals surface area contributed by atoms with Gasteiger partial charge >= 0.3 is 6.03 Å². The van der Waals surface area contributed by atoms with Gasteiger partial charge in [-0.1, -0.05) is 36.4 Å². The van der Waals surface area contributed by atoms with Crippen LogP contribution < -0.4 is 4.90 Å². The molecule has 2 heterocycles. The van der Waals surface area contributed by atoms with E-state index in [1.165, 1.54) is 0 Å². The lowest BCUT2D eigenvalue weighted by Crippen LogP contribution is -2.36. The number of aliphatic hydroxyl groups is 1. The van der Waals surface area contributed by atoms with E-state index < -0.39 is 0 Å². The van der Waals surface area contributed by atoms with Crippen molar-refractivity contribution in [2.75, 3.05) is 18.1 Å². The molecular formula is C21H22N4O2. The van der Waals surface area contributed by atoms with Crippen molar-refractivity contribution in [2.24, 2.45) is 0 Å². The molecule has 1 fully saturated rings. The van der Waals surface area contributed by atoms with E-state index in [1.54, 1.807) is 16.0 Å². The number of H-pyrrole nitrogens is 1. The smallest absolute Gasteiger partial charge is 0.325 e. The summed E-state index contributed by atoms with van der Waals surface area (Å²) >= 11 is 0. The summed E-state index contributed by atoms with van der Waals surface area (Å²) in [7, 11) is 0. The molecule has 27 heavy (non-hydrogen) atoms. The average Bonchev–Trinajstić information content (AvgIpc) is 3.32. The van der Waals surface area contributed by atoms with Gasteiger partial charge in [0, 0.05) is 24.0 Å². The summed E-state index contributed by atoms with van der Waals surface area (Å²) in [5.41, 5.74) is 5.07. The van der Waals surface area contributed by atoms with E-state index in [9.17, 15) is 9.90 Å². The number of hydrogen-bond donors (Lipinski definition) is 2. The van der Waals surface area contributed by atoms with Crippen LogP contribution in [0.3, 0.4) is 0 Å². The summed E-state index contributed by atoms with van der Waals surface area (Å²) in [5, 5.41) is 16.6. The van der Waals surface area contributed by atoms with Crippen LogP contribution in [0.15, 0.2) is 60.9 Å². The molecule has 2 N–H and O–H groups in total. The Bertz CT molecular complexity index is 925. The minimum Gasteiger partial charge on any atom is -0.394 e. The number of aromatic amines is 1. The van der Waals surface area contributed by atoms with E-state index in [2.05, 4.69) is 10.2 Å². The highest BCUT2D eigenvalue weighted by molar-refractivity contribution is 5.95. The van der Waals surface area contributed by atoms with Crippen molar-refractivity contribution in [1.29, 1.82) is 0 Å². The summed E-state index contributed by atoms with van der Waals surface area (Å²) in [6.45, 7) is 2.94. The molecule has 0 radical (unpaired) electrons. The lowest BCUT2D eigenvalue weighted by Gasteiger charge is -2.22. The third-order valence-corrected chi connectivity index (χ3v) is 5.05. The standard InChI is InChI=1S/C21H22N4O2/c1-15-9-18(7-8-20(15)17-10-22-23-11-17)25-13-19(14-26)24(21(25)27)12-16-5-3-2-4-6-16/h2-11,19,26H,12-14H2,1H3,(H,22,23). The van der Waals surface area contributed by atoms with Crippen LogP contribution in [0.1, 0.15) is 11.1 Å². The van der Waals surface area contributed by atoms with Gasteiger partial charge in [-0.05, 0) is 35.7 Å². The fourth-order valence-electron chi connectivity index (χ4n) is 3.59. The molecule has 3 aromatic rings. The average molecular weight is 362 g/mol. The number of nitrogens with zero attached hydrogens (tertiary/aromatic N) is 3. The SMILES string of the molecule is Cc1cc(N2CC(CO)N(Cc3ccccc3)C2=O)ccc1-c1cn[nH]c1. The van der Waals surface area contributed by atoms with E-state index in [1.807, 2.05) is 61.7 Å². The predicted octanol–water partition coefficient (Wildman–Crippen LogP) is 3.19. The van der Waals surface area contributed by atoms with Crippen LogP contribution in [0.5, 0.6) is 0 Å². The van der Waals surface area contributed by atoms with Crippen molar-refractivity contribution in [2.45, 2.75) is 19.5 Å². The monoisotopic (exact) mass is 362 g/mol. The van der Waals surface area contributed by atoms with Crippen molar-refractivity contribution < 1.29 is 9.90 Å². The quantitative estimate of drug-likeness (QED) is 0.732. The largest absolute Gasteiger partial charge is 0.394 e. The molecule has 0 bridgehead atoms. The zero-order chi connectivity index (χ0) is 18.8. The Hall–Kier alpha value is -3.12. The zero-order valence-electron chi connectivity index (χ0n) is 15.2. The Morgan fingerprint density at radius 2 is 2.04 bits per heavy atom. The molecule has 2 aromatic carbocycles. The molecule has 2 amide bonds. The molecule has 1 atom stereocenters. The fraction of sp³-hybridized carbons (Fsp3) is 0.238. The number of aliphatic hydroxyl groups excluding tert-OH is 1. The third-order valence-electron chi connectivity index (χ3n) is 5.05. The second-order valence-electron chi connectivity index (χ2n) is 6.83. The normalized spacial score (nSPS) is 17.0. The number of hydrogen-bond acceptors (Lipinski definition) is 3. The topological polar surface area (TPSA) is 72.5 Å². The maximum absolute atomic E-state index is 13.0. The molecule has 1 aliphatic heterocycles. The van der Waals surface area contributed by atoms with Crippen LogP contribution in [-0.2, 0) is 6.54 Å². The summed E-state index contributed by atoms with van der Waals surface area (Å²) in [5.74, 6) is 0.